The van der Waals surface area contributed by atoms with Crippen molar-refractivity contribution in [3.05, 3.63) is 93.2 Å². The Balaban J connectivity index is 1.78. The van der Waals surface area contributed by atoms with Crippen LogP contribution in [0.3, 0.4) is 0 Å². The molecule has 0 saturated heterocycles. The summed E-state index contributed by atoms with van der Waals surface area (Å²) in [6.45, 7) is 4.35. The smallest absolute Gasteiger partial charge is 0.338 e. The fraction of sp³-hybridized carbons (Fsp3) is 0.179. The topological polar surface area (TPSA) is 97.7 Å². The number of benzene rings is 3. The van der Waals surface area contributed by atoms with E-state index in [2.05, 4.69) is 21.2 Å². The maximum atomic E-state index is 13.2. The Morgan fingerprint density at radius 1 is 1.03 bits per heavy atom. The van der Waals surface area contributed by atoms with E-state index in [1.165, 1.54) is 30.3 Å². The van der Waals surface area contributed by atoms with Crippen LogP contribution in [-0.2, 0) is 16.1 Å². The molecule has 3 rings (SSSR count). The van der Waals surface area contributed by atoms with Crippen LogP contribution in [0.5, 0.6) is 11.5 Å². The van der Waals surface area contributed by atoms with E-state index >= 15 is 0 Å². The number of halogens is 2. The molecule has 0 radical (unpaired) electrons. The first-order valence-electron chi connectivity index (χ1n) is 11.4. The third-order valence-electron chi connectivity index (χ3n) is 4.96. The zero-order valence-electron chi connectivity index (χ0n) is 20.2. The van der Waals surface area contributed by atoms with Crippen LogP contribution in [-0.4, -0.2) is 25.1 Å². The normalized spacial score (nSPS) is 10.8. The summed E-state index contributed by atoms with van der Waals surface area (Å²) in [5.41, 5.74) is 1.95. The summed E-state index contributed by atoms with van der Waals surface area (Å²) in [7, 11) is 0. The Labute approximate surface area is 222 Å². The lowest BCUT2D eigenvalue weighted by molar-refractivity contribution is -0.112. The first-order chi connectivity index (χ1) is 17.8. The number of nitrogens with zero attached hydrogens (tertiary/aromatic N) is 1. The van der Waals surface area contributed by atoms with Crippen molar-refractivity contribution in [2.45, 2.75) is 20.5 Å². The van der Waals surface area contributed by atoms with Gasteiger partial charge in [-0.3, -0.25) is 4.79 Å². The first kappa shape index (κ1) is 27.4. The highest BCUT2D eigenvalue weighted by Gasteiger charge is 2.15. The average molecular weight is 567 g/mol. The monoisotopic (exact) mass is 566 g/mol. The van der Waals surface area contributed by atoms with E-state index in [0.29, 0.717) is 39.4 Å². The average Bonchev–Trinajstić information content (AvgIpc) is 2.88. The largest absolute Gasteiger partial charge is 0.490 e. The molecule has 9 heteroatoms. The molecule has 0 aliphatic rings. The summed E-state index contributed by atoms with van der Waals surface area (Å²) in [6, 6.07) is 17.4. The minimum absolute atomic E-state index is 0.135. The minimum Gasteiger partial charge on any atom is -0.490 e. The molecule has 0 saturated carbocycles. The van der Waals surface area contributed by atoms with Crippen LogP contribution >= 0.6 is 15.9 Å². The number of hydrogen-bond acceptors (Lipinski definition) is 6. The number of anilines is 1. The van der Waals surface area contributed by atoms with Crippen LogP contribution in [0.1, 0.15) is 35.3 Å². The van der Waals surface area contributed by atoms with Crippen LogP contribution in [0.25, 0.3) is 6.08 Å². The van der Waals surface area contributed by atoms with Gasteiger partial charge in [0.15, 0.2) is 11.5 Å². The van der Waals surface area contributed by atoms with Crippen molar-refractivity contribution in [3.8, 4) is 17.6 Å². The Bertz CT molecular complexity index is 1330. The SMILES string of the molecule is CCOC(=O)c1ccc(NC(=O)/C(C#N)=C/c2cc(Br)c(OCc3ccc(F)cc3)c(OCC)c2)cc1. The van der Waals surface area contributed by atoms with E-state index in [1.54, 1.807) is 43.3 Å². The number of rotatable bonds is 10. The van der Waals surface area contributed by atoms with Gasteiger partial charge in [0.25, 0.3) is 5.91 Å². The molecule has 0 aliphatic heterocycles. The second kappa shape index (κ2) is 13.2. The maximum absolute atomic E-state index is 13.2. The molecular weight excluding hydrogens is 543 g/mol. The summed E-state index contributed by atoms with van der Waals surface area (Å²) in [5.74, 6) is -0.552. The molecule has 190 valence electrons. The van der Waals surface area contributed by atoms with Gasteiger partial charge in [0.2, 0.25) is 0 Å². The molecule has 0 atom stereocenters. The van der Waals surface area contributed by atoms with Crippen LogP contribution in [0.4, 0.5) is 10.1 Å². The molecule has 1 N–H and O–H groups in total. The quantitative estimate of drug-likeness (QED) is 0.176. The predicted molar refractivity (Wildman–Crippen MR) is 141 cm³/mol. The third-order valence-corrected chi connectivity index (χ3v) is 5.55. The van der Waals surface area contributed by atoms with E-state index in [1.807, 2.05) is 13.0 Å². The lowest BCUT2D eigenvalue weighted by Gasteiger charge is -2.15. The fourth-order valence-electron chi connectivity index (χ4n) is 3.23. The predicted octanol–water partition coefficient (Wildman–Crippen LogP) is 6.29. The van der Waals surface area contributed by atoms with Crippen molar-refractivity contribution in [3.63, 3.8) is 0 Å². The molecule has 0 bridgehead atoms. The van der Waals surface area contributed by atoms with Crippen molar-refractivity contribution in [1.29, 1.82) is 5.26 Å². The number of ether oxygens (including phenoxy) is 3. The summed E-state index contributed by atoms with van der Waals surface area (Å²) in [4.78, 5) is 24.5. The van der Waals surface area contributed by atoms with Crippen LogP contribution < -0.4 is 14.8 Å². The van der Waals surface area contributed by atoms with Crippen molar-refractivity contribution >= 4 is 39.6 Å². The summed E-state index contributed by atoms with van der Waals surface area (Å²) in [5, 5.41) is 12.2. The van der Waals surface area contributed by atoms with E-state index in [-0.39, 0.29) is 24.6 Å². The van der Waals surface area contributed by atoms with Gasteiger partial charge in [-0.25, -0.2) is 9.18 Å². The Morgan fingerprint density at radius 3 is 2.35 bits per heavy atom. The number of nitrogens with one attached hydrogen (secondary N) is 1. The second-order valence-electron chi connectivity index (χ2n) is 7.60. The lowest BCUT2D eigenvalue weighted by Crippen LogP contribution is -2.13. The molecule has 1 amide bonds. The van der Waals surface area contributed by atoms with E-state index in [0.717, 1.165) is 5.56 Å². The molecule has 0 unspecified atom stereocenters. The Hall–Kier alpha value is -4.16. The zero-order valence-corrected chi connectivity index (χ0v) is 21.8. The van der Waals surface area contributed by atoms with E-state index < -0.39 is 11.9 Å². The summed E-state index contributed by atoms with van der Waals surface area (Å²) in [6.07, 6.45) is 1.43. The maximum Gasteiger partial charge on any atom is 0.338 e. The number of carbonyl (C=O) groups is 2. The van der Waals surface area contributed by atoms with E-state index in [4.69, 9.17) is 14.2 Å². The molecule has 0 spiro atoms. The van der Waals surface area contributed by atoms with Gasteiger partial charge < -0.3 is 19.5 Å². The van der Waals surface area contributed by atoms with Gasteiger partial charge >= 0.3 is 5.97 Å². The van der Waals surface area contributed by atoms with Gasteiger partial charge in [0.05, 0.1) is 23.2 Å². The number of nitriles is 1. The van der Waals surface area contributed by atoms with Crippen molar-refractivity contribution < 1.29 is 28.2 Å². The zero-order chi connectivity index (χ0) is 26.8. The van der Waals surface area contributed by atoms with Gasteiger partial charge in [-0.1, -0.05) is 12.1 Å². The molecule has 7 nitrogen and oxygen atoms in total. The lowest BCUT2D eigenvalue weighted by atomic mass is 10.1. The second-order valence-corrected chi connectivity index (χ2v) is 8.45. The minimum atomic E-state index is -0.614. The van der Waals surface area contributed by atoms with Crippen molar-refractivity contribution in [2.24, 2.45) is 0 Å². The molecule has 0 aromatic heterocycles. The molecule has 3 aromatic rings. The van der Waals surface area contributed by atoms with Gasteiger partial charge in [-0.2, -0.15) is 5.26 Å². The fourth-order valence-corrected chi connectivity index (χ4v) is 3.80. The highest BCUT2D eigenvalue weighted by molar-refractivity contribution is 9.10. The Kier molecular flexibility index (Phi) is 9.81. The number of amides is 1. The molecule has 0 aliphatic carbocycles. The van der Waals surface area contributed by atoms with Gasteiger partial charge in [0, 0.05) is 5.69 Å². The highest BCUT2D eigenvalue weighted by Crippen LogP contribution is 2.38. The standard InChI is InChI=1S/C28H24BrFN2O5/c1-3-35-25-15-19(14-24(29)26(25)37-17-18-5-9-22(30)10-6-18)13-21(16-31)27(33)32-23-11-7-20(8-12-23)28(34)36-4-2/h5-15H,3-4,17H2,1-2H3,(H,32,33)/b21-13+. The van der Waals surface area contributed by atoms with Gasteiger partial charge in [0.1, 0.15) is 24.1 Å². The molecular formula is C28H24BrFN2O5. The Morgan fingerprint density at radius 2 is 1.73 bits per heavy atom. The van der Waals surface area contributed by atoms with Crippen LogP contribution in [0.2, 0.25) is 0 Å². The third kappa shape index (κ3) is 7.66. The molecule has 37 heavy (non-hydrogen) atoms. The van der Waals surface area contributed by atoms with Gasteiger partial charge in [-0.15, -0.1) is 0 Å². The number of esters is 1. The number of hydrogen-bond donors (Lipinski definition) is 1. The van der Waals surface area contributed by atoms with Gasteiger partial charge in [-0.05, 0) is 95.5 Å². The van der Waals surface area contributed by atoms with E-state index in [9.17, 15) is 19.2 Å². The summed E-state index contributed by atoms with van der Waals surface area (Å²) >= 11 is 3.47. The summed E-state index contributed by atoms with van der Waals surface area (Å²) < 4.78 is 30.3. The van der Waals surface area contributed by atoms with Crippen molar-refractivity contribution in [2.75, 3.05) is 18.5 Å². The van der Waals surface area contributed by atoms with Crippen molar-refractivity contribution in [1.82, 2.24) is 0 Å². The molecule has 0 heterocycles. The molecule has 0 fully saturated rings. The van der Waals surface area contributed by atoms with Crippen LogP contribution in [0, 0.1) is 17.1 Å². The first-order valence-corrected chi connectivity index (χ1v) is 12.2. The highest BCUT2D eigenvalue weighted by atomic mass is 79.9. The molecule has 3 aromatic carbocycles. The van der Waals surface area contributed by atoms with Crippen LogP contribution in [0.15, 0.2) is 70.7 Å². The number of carbonyl (C=O) groups excluding carboxylic acids is 2.